The van der Waals surface area contributed by atoms with Crippen molar-refractivity contribution in [1.82, 2.24) is 4.31 Å². The van der Waals surface area contributed by atoms with E-state index in [4.69, 9.17) is 39.5 Å². The van der Waals surface area contributed by atoms with E-state index in [-0.39, 0.29) is 20.5 Å². The molecule has 1 N–H and O–H groups in total. The van der Waals surface area contributed by atoms with Crippen LogP contribution in [0.4, 0.5) is 5.69 Å². The van der Waals surface area contributed by atoms with Crippen LogP contribution in [0.5, 0.6) is 0 Å². The molecule has 7 nitrogen and oxygen atoms in total. The fraction of sp³-hybridized carbons (Fsp3) is 0.222. The number of sulfonamides is 1. The summed E-state index contributed by atoms with van der Waals surface area (Å²) in [7, 11) is -1.19. The quantitative estimate of drug-likeness (QED) is 0.630. The number of carbonyl (C=O) groups excluding carboxylic acids is 2. The number of amides is 1. The predicted octanol–water partition coefficient (Wildman–Crippen LogP) is 4.08. The molecule has 0 saturated carbocycles. The number of carbonyl (C=O) groups is 2. The van der Waals surface area contributed by atoms with Crippen LogP contribution >= 0.6 is 34.8 Å². The predicted molar refractivity (Wildman–Crippen MR) is 112 cm³/mol. The molecule has 1 unspecified atom stereocenters. The van der Waals surface area contributed by atoms with Crippen molar-refractivity contribution in [2.24, 2.45) is 0 Å². The SMILES string of the molecule is CC(OC(=O)c1ccc(Cl)c(S(=O)(=O)N(C)C)c1)C(=O)Nc1ccc(Cl)cc1Cl. The number of esters is 1. The second-order valence-electron chi connectivity index (χ2n) is 6.09. The molecule has 0 aliphatic rings. The van der Waals surface area contributed by atoms with Crippen molar-refractivity contribution in [2.45, 2.75) is 17.9 Å². The third-order valence-corrected chi connectivity index (χ3v) is 6.61. The van der Waals surface area contributed by atoms with Crippen molar-refractivity contribution in [1.29, 1.82) is 0 Å². The van der Waals surface area contributed by atoms with E-state index in [1.807, 2.05) is 0 Å². The third-order valence-electron chi connectivity index (χ3n) is 3.77. The van der Waals surface area contributed by atoms with Crippen molar-refractivity contribution < 1.29 is 22.7 Å². The molecule has 0 fully saturated rings. The first kappa shape index (κ1) is 23.4. The highest BCUT2D eigenvalue weighted by Gasteiger charge is 2.25. The minimum atomic E-state index is -3.87. The highest BCUT2D eigenvalue weighted by atomic mass is 35.5. The van der Waals surface area contributed by atoms with Gasteiger partial charge in [-0.05, 0) is 43.3 Å². The molecule has 1 amide bonds. The van der Waals surface area contributed by atoms with E-state index in [0.717, 1.165) is 10.4 Å². The minimum absolute atomic E-state index is 0.0431. The van der Waals surface area contributed by atoms with E-state index in [0.29, 0.717) is 10.7 Å². The van der Waals surface area contributed by atoms with Crippen LogP contribution in [0.3, 0.4) is 0 Å². The van der Waals surface area contributed by atoms with E-state index in [2.05, 4.69) is 5.32 Å². The van der Waals surface area contributed by atoms with Gasteiger partial charge in [0.25, 0.3) is 5.91 Å². The Morgan fingerprint density at radius 1 is 1.03 bits per heavy atom. The molecule has 0 aromatic heterocycles. The van der Waals surface area contributed by atoms with E-state index < -0.39 is 28.0 Å². The van der Waals surface area contributed by atoms with Crippen LogP contribution in [-0.2, 0) is 19.6 Å². The Morgan fingerprint density at radius 2 is 1.69 bits per heavy atom. The highest BCUT2D eigenvalue weighted by molar-refractivity contribution is 7.89. The van der Waals surface area contributed by atoms with Crippen molar-refractivity contribution in [2.75, 3.05) is 19.4 Å². The number of nitrogens with one attached hydrogen (secondary N) is 1. The van der Waals surface area contributed by atoms with Crippen LogP contribution in [0.2, 0.25) is 15.1 Å². The van der Waals surface area contributed by atoms with Crippen LogP contribution in [0.25, 0.3) is 0 Å². The smallest absolute Gasteiger partial charge is 0.338 e. The molecule has 2 rings (SSSR count). The molecule has 156 valence electrons. The van der Waals surface area contributed by atoms with Gasteiger partial charge in [0.2, 0.25) is 10.0 Å². The summed E-state index contributed by atoms with van der Waals surface area (Å²) in [5.41, 5.74) is 0.230. The van der Waals surface area contributed by atoms with Gasteiger partial charge in [0.1, 0.15) is 4.90 Å². The van der Waals surface area contributed by atoms with Gasteiger partial charge in [0.05, 0.1) is 21.3 Å². The zero-order chi connectivity index (χ0) is 21.9. The summed E-state index contributed by atoms with van der Waals surface area (Å²) >= 11 is 17.8. The lowest BCUT2D eigenvalue weighted by Gasteiger charge is -2.16. The van der Waals surface area contributed by atoms with Crippen LogP contribution in [0, 0.1) is 0 Å². The van der Waals surface area contributed by atoms with E-state index in [1.54, 1.807) is 6.07 Å². The lowest BCUT2D eigenvalue weighted by molar-refractivity contribution is -0.123. The Labute approximate surface area is 183 Å². The van der Waals surface area contributed by atoms with Crippen LogP contribution in [0.15, 0.2) is 41.3 Å². The summed E-state index contributed by atoms with van der Waals surface area (Å²) in [4.78, 5) is 24.4. The van der Waals surface area contributed by atoms with Gasteiger partial charge in [-0.3, -0.25) is 4.79 Å². The maximum Gasteiger partial charge on any atom is 0.338 e. The molecule has 0 radical (unpaired) electrons. The minimum Gasteiger partial charge on any atom is -0.449 e. The summed E-state index contributed by atoms with van der Waals surface area (Å²) in [6.45, 7) is 1.37. The Morgan fingerprint density at radius 3 is 2.28 bits per heavy atom. The third kappa shape index (κ3) is 5.61. The summed E-state index contributed by atoms with van der Waals surface area (Å²) in [5, 5.41) is 3.10. The van der Waals surface area contributed by atoms with Gasteiger partial charge in [-0.1, -0.05) is 34.8 Å². The molecule has 0 aliphatic heterocycles. The van der Waals surface area contributed by atoms with E-state index in [1.165, 1.54) is 45.3 Å². The van der Waals surface area contributed by atoms with Crippen LogP contribution < -0.4 is 5.32 Å². The van der Waals surface area contributed by atoms with Gasteiger partial charge in [0, 0.05) is 19.1 Å². The summed E-state index contributed by atoms with van der Waals surface area (Å²) in [6, 6.07) is 8.18. The topological polar surface area (TPSA) is 92.8 Å². The zero-order valence-corrected chi connectivity index (χ0v) is 18.7. The molecule has 2 aromatic rings. The first-order valence-corrected chi connectivity index (χ1v) is 10.7. The number of ether oxygens (including phenoxy) is 1. The summed E-state index contributed by atoms with van der Waals surface area (Å²) in [6.07, 6.45) is -1.18. The Hall–Kier alpha value is -1.84. The Balaban J connectivity index is 2.16. The normalized spacial score (nSPS) is 12.5. The second-order valence-corrected chi connectivity index (χ2v) is 9.46. The van der Waals surface area contributed by atoms with Crippen molar-refractivity contribution in [3.05, 3.63) is 57.0 Å². The second kappa shape index (κ2) is 9.32. The van der Waals surface area contributed by atoms with Crippen LogP contribution in [-0.4, -0.2) is 44.8 Å². The molecule has 0 spiro atoms. The highest BCUT2D eigenvalue weighted by Crippen LogP contribution is 2.27. The Bertz CT molecular complexity index is 1060. The zero-order valence-electron chi connectivity index (χ0n) is 15.6. The van der Waals surface area contributed by atoms with Gasteiger partial charge in [0.15, 0.2) is 6.10 Å². The first-order valence-electron chi connectivity index (χ1n) is 8.12. The number of hydrogen-bond donors (Lipinski definition) is 1. The average Bonchev–Trinajstić information content (AvgIpc) is 2.63. The summed E-state index contributed by atoms with van der Waals surface area (Å²) in [5.74, 6) is -1.51. The number of benzene rings is 2. The van der Waals surface area contributed by atoms with Crippen molar-refractivity contribution in [3.63, 3.8) is 0 Å². The molecule has 11 heteroatoms. The molecule has 2 aromatic carbocycles. The molecule has 0 heterocycles. The Kier molecular flexibility index (Phi) is 7.53. The monoisotopic (exact) mass is 478 g/mol. The maximum atomic E-state index is 12.4. The number of rotatable bonds is 6. The van der Waals surface area contributed by atoms with Gasteiger partial charge in [-0.15, -0.1) is 0 Å². The first-order chi connectivity index (χ1) is 13.4. The fourth-order valence-electron chi connectivity index (χ4n) is 2.13. The molecule has 29 heavy (non-hydrogen) atoms. The largest absolute Gasteiger partial charge is 0.449 e. The molecule has 0 aliphatic carbocycles. The van der Waals surface area contributed by atoms with Gasteiger partial charge >= 0.3 is 5.97 Å². The molecule has 0 bridgehead atoms. The number of anilines is 1. The molecular weight excluding hydrogens is 463 g/mol. The summed E-state index contributed by atoms with van der Waals surface area (Å²) < 4.78 is 30.7. The number of nitrogens with zero attached hydrogens (tertiary/aromatic N) is 1. The van der Waals surface area contributed by atoms with E-state index in [9.17, 15) is 18.0 Å². The van der Waals surface area contributed by atoms with Crippen LogP contribution in [0.1, 0.15) is 17.3 Å². The van der Waals surface area contributed by atoms with Crippen molar-refractivity contribution in [3.8, 4) is 0 Å². The molecule has 1 atom stereocenters. The van der Waals surface area contributed by atoms with Gasteiger partial charge < -0.3 is 10.1 Å². The van der Waals surface area contributed by atoms with Gasteiger partial charge in [-0.25, -0.2) is 17.5 Å². The van der Waals surface area contributed by atoms with Crippen molar-refractivity contribution >= 4 is 62.4 Å². The number of halogens is 3. The molecule has 0 saturated heterocycles. The molecular formula is C18H17Cl3N2O5S. The lowest BCUT2D eigenvalue weighted by Crippen LogP contribution is -2.30. The van der Waals surface area contributed by atoms with E-state index >= 15 is 0 Å². The van der Waals surface area contributed by atoms with Gasteiger partial charge in [-0.2, -0.15) is 0 Å². The average molecular weight is 480 g/mol. The standard InChI is InChI=1S/C18H17Cl3N2O5S/c1-10(17(24)22-15-7-5-12(19)9-14(15)21)28-18(25)11-4-6-13(20)16(8-11)29(26,27)23(2)3/h4-10H,1-3H3,(H,22,24). The maximum absolute atomic E-state index is 12.4. The lowest BCUT2D eigenvalue weighted by atomic mass is 10.2. The number of hydrogen-bond acceptors (Lipinski definition) is 5. The fourth-order valence-corrected chi connectivity index (χ4v) is 3.98.